The second kappa shape index (κ2) is 6.67. The molecule has 0 bridgehead atoms. The van der Waals surface area contributed by atoms with Crippen molar-refractivity contribution in [3.63, 3.8) is 0 Å². The van der Waals surface area contributed by atoms with E-state index in [1.54, 1.807) is 52.0 Å². The van der Waals surface area contributed by atoms with Crippen molar-refractivity contribution < 1.29 is 9.15 Å². The van der Waals surface area contributed by atoms with E-state index in [0.29, 0.717) is 28.6 Å². The van der Waals surface area contributed by atoms with Crippen LogP contribution in [0.25, 0.3) is 12.2 Å². The lowest BCUT2D eigenvalue weighted by molar-refractivity contribution is 0.296. The third kappa shape index (κ3) is 3.47. The van der Waals surface area contributed by atoms with Gasteiger partial charge in [0, 0.05) is 18.1 Å². The van der Waals surface area contributed by atoms with E-state index in [2.05, 4.69) is 0 Å². The average molecular weight is 351 g/mol. The third-order valence-corrected chi connectivity index (χ3v) is 4.09. The number of aryl methyl sites for hydroxylation is 2. The lowest BCUT2D eigenvalue weighted by atomic mass is 10.0. The second-order valence-corrected chi connectivity index (χ2v) is 6.47. The van der Waals surface area contributed by atoms with E-state index in [-0.39, 0.29) is 16.4 Å². The Labute approximate surface area is 149 Å². The molecular weight excluding hydrogens is 332 g/mol. The van der Waals surface area contributed by atoms with Crippen LogP contribution in [0.5, 0.6) is 0 Å². The lowest BCUT2D eigenvalue weighted by Gasteiger charge is -2.14. The van der Waals surface area contributed by atoms with Crippen LogP contribution in [0.1, 0.15) is 30.9 Å². The molecule has 0 amide bonds. The van der Waals surface area contributed by atoms with Crippen molar-refractivity contribution in [1.29, 1.82) is 0 Å². The van der Waals surface area contributed by atoms with Gasteiger partial charge in [-0.1, -0.05) is 6.08 Å². The molecule has 1 aliphatic rings. The predicted octanol–water partition coefficient (Wildman–Crippen LogP) is 1.20. The minimum absolute atomic E-state index is 0.0877. The van der Waals surface area contributed by atoms with Gasteiger partial charge in [-0.15, -0.1) is 0 Å². The van der Waals surface area contributed by atoms with E-state index >= 15 is 0 Å². The molecule has 26 heavy (non-hydrogen) atoms. The Morgan fingerprint density at radius 3 is 1.96 bits per heavy atom. The number of ether oxygens (including phenoxy) is 1. The molecule has 1 aromatic carbocycles. The highest BCUT2D eigenvalue weighted by atomic mass is 16.5. The molecule has 0 fully saturated rings. The maximum absolute atomic E-state index is 12.7. The Balaban J connectivity index is 2.22. The molecule has 2 aromatic rings. The average Bonchev–Trinajstić information content (AvgIpc) is 2.71. The van der Waals surface area contributed by atoms with Gasteiger partial charge in [0.15, 0.2) is 0 Å². The molecule has 1 aliphatic heterocycles. The second-order valence-electron chi connectivity index (χ2n) is 6.47. The van der Waals surface area contributed by atoms with Gasteiger partial charge in [-0.3, -0.25) is 14.4 Å². The molecule has 0 aliphatic carbocycles. The van der Waals surface area contributed by atoms with Crippen molar-refractivity contribution in [2.45, 2.75) is 27.7 Å². The van der Waals surface area contributed by atoms with Crippen LogP contribution >= 0.6 is 0 Å². The summed E-state index contributed by atoms with van der Waals surface area (Å²) in [6, 6.07) is 3.42. The van der Waals surface area contributed by atoms with Crippen LogP contribution in [0.15, 0.2) is 54.6 Å². The summed E-state index contributed by atoms with van der Waals surface area (Å²) >= 11 is 0. The molecule has 3 rings (SSSR count). The number of allylic oxidation sites excluding steroid dienone is 4. The van der Waals surface area contributed by atoms with E-state index in [1.165, 1.54) is 12.2 Å². The molecule has 0 saturated carbocycles. The summed E-state index contributed by atoms with van der Waals surface area (Å²) in [5.74, 6) is 2.41. The van der Waals surface area contributed by atoms with Crippen molar-refractivity contribution in [2.24, 2.45) is 5.92 Å². The predicted molar refractivity (Wildman–Crippen MR) is 99.6 cm³/mol. The summed E-state index contributed by atoms with van der Waals surface area (Å²) in [7, 11) is 0. The first-order valence-electron chi connectivity index (χ1n) is 8.28. The Bertz CT molecular complexity index is 1170. The quantitative estimate of drug-likeness (QED) is 0.600. The highest BCUT2D eigenvalue weighted by molar-refractivity contribution is 5.50. The maximum Gasteiger partial charge on any atom is 0.327 e. The zero-order chi connectivity index (χ0) is 19.0. The van der Waals surface area contributed by atoms with Crippen molar-refractivity contribution in [1.82, 2.24) is 0 Å². The Kier molecular flexibility index (Phi) is 4.55. The summed E-state index contributed by atoms with van der Waals surface area (Å²) in [4.78, 5) is 37.3. The molecule has 0 unspecified atom stereocenters. The maximum atomic E-state index is 12.7. The Morgan fingerprint density at radius 2 is 1.38 bits per heavy atom. The van der Waals surface area contributed by atoms with E-state index in [0.717, 1.165) is 0 Å². The van der Waals surface area contributed by atoms with E-state index in [1.807, 2.05) is 0 Å². The van der Waals surface area contributed by atoms with Gasteiger partial charge in [0.25, 0.3) is 0 Å². The number of hydrogen-bond acceptors (Lipinski definition) is 4. The van der Waals surface area contributed by atoms with Crippen LogP contribution in [0.2, 0.25) is 0 Å². The van der Waals surface area contributed by atoms with Gasteiger partial charge >= 0.3 is 11.5 Å². The van der Waals surface area contributed by atoms with Gasteiger partial charge in [-0.05, 0) is 37.6 Å². The summed E-state index contributed by atoms with van der Waals surface area (Å²) in [5, 5.41) is -0.199. The summed E-state index contributed by atoms with van der Waals surface area (Å²) in [6.07, 6.45) is 6.55. The molecule has 0 N–H and O–H groups in total. The summed E-state index contributed by atoms with van der Waals surface area (Å²) < 4.78 is 10.8. The standard InChI is InChI=1S/C21H19O5/c1-11-5-15(6-12(2)25-11)9-17-19(22)18(21(24)20(17)23)10-16-7-13(3)26-14(4)8-16/h5-10,15H,1-4H3/q+1. The molecular formula is C21H19O5+. The molecule has 0 saturated heterocycles. The minimum atomic E-state index is -0.772. The number of hydrogen-bond donors (Lipinski definition) is 0. The van der Waals surface area contributed by atoms with Gasteiger partial charge < -0.3 is 4.74 Å². The summed E-state index contributed by atoms with van der Waals surface area (Å²) in [6.45, 7) is 7.14. The fourth-order valence-corrected chi connectivity index (χ4v) is 3.15. The molecule has 0 atom stereocenters. The van der Waals surface area contributed by atoms with Crippen LogP contribution in [0.3, 0.4) is 0 Å². The fraction of sp³-hybridized carbons (Fsp3) is 0.238. The monoisotopic (exact) mass is 351 g/mol. The molecule has 0 spiro atoms. The van der Waals surface area contributed by atoms with Gasteiger partial charge in [-0.25, -0.2) is 4.42 Å². The molecule has 1 aromatic heterocycles. The highest BCUT2D eigenvalue weighted by Gasteiger charge is 2.14. The molecule has 5 nitrogen and oxygen atoms in total. The minimum Gasteiger partial charge on any atom is -0.467 e. The third-order valence-electron chi connectivity index (χ3n) is 4.09. The van der Waals surface area contributed by atoms with Gasteiger partial charge in [0.1, 0.15) is 0 Å². The van der Waals surface area contributed by atoms with Crippen LogP contribution in [-0.4, -0.2) is 0 Å². The SMILES string of the molecule is CC1=CC(C=c2c(=O)c(=O)c(=Cc3cc(C)[o+]c(C)c3)c2=O)C=C(C)O1. The lowest BCUT2D eigenvalue weighted by Crippen LogP contribution is -2.36. The van der Waals surface area contributed by atoms with Crippen molar-refractivity contribution in [3.8, 4) is 0 Å². The largest absolute Gasteiger partial charge is 0.467 e. The van der Waals surface area contributed by atoms with Crippen molar-refractivity contribution in [3.05, 3.63) is 94.0 Å². The highest BCUT2D eigenvalue weighted by Crippen LogP contribution is 2.19. The first-order chi connectivity index (χ1) is 12.2. The smallest absolute Gasteiger partial charge is 0.327 e. The van der Waals surface area contributed by atoms with Crippen LogP contribution < -0.4 is 26.7 Å². The van der Waals surface area contributed by atoms with E-state index in [9.17, 15) is 14.4 Å². The first kappa shape index (κ1) is 17.7. The zero-order valence-corrected chi connectivity index (χ0v) is 15.1. The molecule has 2 heterocycles. The molecule has 0 radical (unpaired) electrons. The topological polar surface area (TPSA) is 71.7 Å². The fourth-order valence-electron chi connectivity index (χ4n) is 3.15. The van der Waals surface area contributed by atoms with Crippen molar-refractivity contribution in [2.75, 3.05) is 0 Å². The normalized spacial score (nSPS) is 16.5. The van der Waals surface area contributed by atoms with Gasteiger partial charge in [-0.2, -0.15) is 0 Å². The number of rotatable bonds is 2. The Hall–Kier alpha value is -3.08. The molecule has 5 heteroatoms. The van der Waals surface area contributed by atoms with E-state index < -0.39 is 16.3 Å². The van der Waals surface area contributed by atoms with Gasteiger partial charge in [0.2, 0.25) is 16.3 Å². The zero-order valence-electron chi connectivity index (χ0n) is 15.1. The van der Waals surface area contributed by atoms with Crippen LogP contribution in [0.4, 0.5) is 0 Å². The van der Waals surface area contributed by atoms with E-state index in [4.69, 9.17) is 9.15 Å². The Morgan fingerprint density at radius 1 is 0.846 bits per heavy atom. The van der Waals surface area contributed by atoms with Gasteiger partial charge in [0.05, 0.1) is 35.8 Å². The van der Waals surface area contributed by atoms with Crippen LogP contribution in [-0.2, 0) is 4.74 Å². The molecule has 132 valence electrons. The van der Waals surface area contributed by atoms with Crippen LogP contribution in [0, 0.1) is 19.8 Å². The van der Waals surface area contributed by atoms with Crippen molar-refractivity contribution >= 4 is 12.2 Å². The summed E-state index contributed by atoms with van der Waals surface area (Å²) in [5.41, 5.74) is -1.43. The first-order valence-corrected chi connectivity index (χ1v) is 8.28.